The third kappa shape index (κ3) is 2.41. The van der Waals surface area contributed by atoms with E-state index in [9.17, 15) is 4.79 Å². The second-order valence-electron chi connectivity index (χ2n) is 5.00. The molecular weight excluding hydrogens is 272 g/mol. The van der Waals surface area contributed by atoms with Gasteiger partial charge >= 0.3 is 5.97 Å². The molecule has 2 aromatic rings. The predicted octanol–water partition coefficient (Wildman–Crippen LogP) is 3.10. The molecule has 0 unspecified atom stereocenters. The van der Waals surface area contributed by atoms with E-state index in [1.807, 2.05) is 6.92 Å². The average Bonchev–Trinajstić information content (AvgIpc) is 2.69. The van der Waals surface area contributed by atoms with Gasteiger partial charge in [0.25, 0.3) is 0 Å². The highest BCUT2D eigenvalue weighted by Gasteiger charge is 2.20. The van der Waals surface area contributed by atoms with Gasteiger partial charge in [-0.3, -0.25) is 0 Å². The summed E-state index contributed by atoms with van der Waals surface area (Å²) in [5, 5.41) is 9.93. The van der Waals surface area contributed by atoms with Crippen molar-refractivity contribution in [1.82, 2.24) is 4.98 Å². The molecule has 20 heavy (non-hydrogen) atoms. The zero-order valence-corrected chi connectivity index (χ0v) is 12.1. The van der Waals surface area contributed by atoms with E-state index in [2.05, 4.69) is 34.1 Å². The summed E-state index contributed by atoms with van der Waals surface area (Å²) in [6.07, 6.45) is 2.14. The number of rotatable bonds is 2. The lowest BCUT2D eigenvalue weighted by atomic mass is 10.0. The predicted molar refractivity (Wildman–Crippen MR) is 79.6 cm³/mol. The fraction of sp³-hybridized carbons (Fsp3) is 0.333. The quantitative estimate of drug-likeness (QED) is 0.922. The number of nitrogens with zero attached hydrogens (tertiary/aromatic N) is 2. The fourth-order valence-electron chi connectivity index (χ4n) is 2.58. The number of hydrogen-bond acceptors (Lipinski definition) is 4. The number of aromatic carboxylic acids is 1. The van der Waals surface area contributed by atoms with Gasteiger partial charge in [-0.1, -0.05) is 24.3 Å². The van der Waals surface area contributed by atoms with Crippen LogP contribution in [0.1, 0.15) is 32.9 Å². The molecule has 0 bridgehead atoms. The van der Waals surface area contributed by atoms with Crippen molar-refractivity contribution in [2.75, 3.05) is 11.4 Å². The molecule has 1 N–H and O–H groups in total. The van der Waals surface area contributed by atoms with E-state index in [1.165, 1.54) is 22.5 Å². The van der Waals surface area contributed by atoms with Crippen molar-refractivity contribution in [2.45, 2.75) is 26.3 Å². The molecule has 0 atom stereocenters. The summed E-state index contributed by atoms with van der Waals surface area (Å²) in [6, 6.07) is 8.45. The van der Waals surface area contributed by atoms with Crippen LogP contribution in [0.3, 0.4) is 0 Å². The van der Waals surface area contributed by atoms with Crippen molar-refractivity contribution in [2.24, 2.45) is 0 Å². The van der Waals surface area contributed by atoms with E-state index < -0.39 is 5.97 Å². The molecule has 1 aliphatic heterocycles. The Kier molecular flexibility index (Phi) is 3.44. The van der Waals surface area contributed by atoms with Gasteiger partial charge in [0.1, 0.15) is 0 Å². The van der Waals surface area contributed by atoms with Crippen LogP contribution in [0.2, 0.25) is 0 Å². The average molecular weight is 288 g/mol. The van der Waals surface area contributed by atoms with Crippen molar-refractivity contribution < 1.29 is 9.90 Å². The first-order chi connectivity index (χ1) is 9.65. The van der Waals surface area contributed by atoms with Gasteiger partial charge in [-0.2, -0.15) is 0 Å². The van der Waals surface area contributed by atoms with Gasteiger partial charge < -0.3 is 10.0 Å². The monoisotopic (exact) mass is 288 g/mol. The first-order valence-corrected chi connectivity index (χ1v) is 7.49. The Morgan fingerprint density at radius 2 is 2.10 bits per heavy atom. The number of thiazole rings is 1. The van der Waals surface area contributed by atoms with Crippen LogP contribution in [-0.4, -0.2) is 22.6 Å². The SMILES string of the molecule is Cc1sc(N2CCCc3ccccc3C2)nc1C(=O)O. The highest BCUT2D eigenvalue weighted by Crippen LogP contribution is 2.29. The van der Waals surface area contributed by atoms with Crippen molar-refractivity contribution in [3.8, 4) is 0 Å². The molecule has 5 heteroatoms. The molecule has 0 fully saturated rings. The largest absolute Gasteiger partial charge is 0.476 e. The molecule has 1 aromatic heterocycles. The zero-order chi connectivity index (χ0) is 14.1. The summed E-state index contributed by atoms with van der Waals surface area (Å²) >= 11 is 1.47. The lowest BCUT2D eigenvalue weighted by molar-refractivity contribution is 0.0690. The number of carboxylic acids is 1. The number of benzene rings is 1. The maximum atomic E-state index is 11.1. The molecule has 0 saturated carbocycles. The third-order valence-corrected chi connectivity index (χ3v) is 4.64. The second kappa shape index (κ2) is 5.25. The number of hydrogen-bond donors (Lipinski definition) is 1. The normalized spacial score (nSPS) is 14.8. The molecule has 1 aliphatic rings. The van der Waals surface area contributed by atoms with E-state index in [1.54, 1.807) is 0 Å². The van der Waals surface area contributed by atoms with Gasteiger partial charge in [0.15, 0.2) is 10.8 Å². The highest BCUT2D eigenvalue weighted by atomic mass is 32.1. The maximum Gasteiger partial charge on any atom is 0.355 e. The summed E-state index contributed by atoms with van der Waals surface area (Å²) in [5.74, 6) is -0.944. The standard InChI is InChI=1S/C15H16N2O2S/c1-10-13(14(18)19)16-15(20-10)17-8-4-7-11-5-2-3-6-12(11)9-17/h2-3,5-6H,4,7-9H2,1H3,(H,18,19). The summed E-state index contributed by atoms with van der Waals surface area (Å²) in [7, 11) is 0. The zero-order valence-electron chi connectivity index (χ0n) is 11.3. The molecule has 0 amide bonds. The Morgan fingerprint density at radius 3 is 2.80 bits per heavy atom. The van der Waals surface area contributed by atoms with Crippen LogP contribution in [0.25, 0.3) is 0 Å². The number of aromatic nitrogens is 1. The van der Waals surface area contributed by atoms with E-state index in [0.29, 0.717) is 0 Å². The fourth-order valence-corrected chi connectivity index (χ4v) is 3.51. The summed E-state index contributed by atoms with van der Waals surface area (Å²) < 4.78 is 0. The minimum atomic E-state index is -0.944. The molecule has 0 spiro atoms. The summed E-state index contributed by atoms with van der Waals surface area (Å²) in [4.78, 5) is 18.4. The molecular formula is C15H16N2O2S. The van der Waals surface area contributed by atoms with Crippen LogP contribution in [0, 0.1) is 6.92 Å². The van der Waals surface area contributed by atoms with Gasteiger partial charge in [0.2, 0.25) is 0 Å². The molecule has 4 nitrogen and oxygen atoms in total. The number of carbonyl (C=O) groups is 1. The molecule has 3 rings (SSSR count). The highest BCUT2D eigenvalue weighted by molar-refractivity contribution is 7.15. The molecule has 0 aliphatic carbocycles. The Bertz CT molecular complexity index is 651. The van der Waals surface area contributed by atoms with Crippen molar-refractivity contribution >= 4 is 22.4 Å². The Hall–Kier alpha value is -1.88. The van der Waals surface area contributed by atoms with Crippen LogP contribution < -0.4 is 4.90 Å². The minimum Gasteiger partial charge on any atom is -0.476 e. The smallest absolute Gasteiger partial charge is 0.355 e. The van der Waals surface area contributed by atoms with Crippen molar-refractivity contribution in [3.05, 3.63) is 46.0 Å². The van der Waals surface area contributed by atoms with Gasteiger partial charge in [-0.25, -0.2) is 9.78 Å². The van der Waals surface area contributed by atoms with Crippen LogP contribution >= 0.6 is 11.3 Å². The number of aryl methyl sites for hydroxylation is 2. The van der Waals surface area contributed by atoms with E-state index >= 15 is 0 Å². The second-order valence-corrected chi connectivity index (χ2v) is 6.18. The lowest BCUT2D eigenvalue weighted by Crippen LogP contribution is -2.22. The molecule has 1 aromatic carbocycles. The van der Waals surface area contributed by atoms with E-state index in [0.717, 1.165) is 35.9 Å². The topological polar surface area (TPSA) is 53.4 Å². The molecule has 0 saturated heterocycles. The van der Waals surface area contributed by atoms with Crippen LogP contribution in [-0.2, 0) is 13.0 Å². The van der Waals surface area contributed by atoms with Gasteiger partial charge in [-0.15, -0.1) is 11.3 Å². The van der Waals surface area contributed by atoms with Gasteiger partial charge in [-0.05, 0) is 30.9 Å². The number of fused-ring (bicyclic) bond motifs is 1. The first-order valence-electron chi connectivity index (χ1n) is 6.67. The van der Waals surface area contributed by atoms with Gasteiger partial charge in [0.05, 0.1) is 0 Å². The number of carboxylic acid groups (broad SMARTS) is 1. The Labute approximate surface area is 121 Å². The molecule has 2 heterocycles. The van der Waals surface area contributed by atoms with Crippen molar-refractivity contribution in [3.63, 3.8) is 0 Å². The summed E-state index contributed by atoms with van der Waals surface area (Å²) in [5.41, 5.74) is 2.89. The Balaban J connectivity index is 1.91. The van der Waals surface area contributed by atoms with Crippen LogP contribution in [0.15, 0.2) is 24.3 Å². The van der Waals surface area contributed by atoms with E-state index in [-0.39, 0.29) is 5.69 Å². The van der Waals surface area contributed by atoms with Crippen LogP contribution in [0.5, 0.6) is 0 Å². The third-order valence-electron chi connectivity index (χ3n) is 3.61. The van der Waals surface area contributed by atoms with Crippen LogP contribution in [0.4, 0.5) is 5.13 Å². The van der Waals surface area contributed by atoms with Crippen molar-refractivity contribution in [1.29, 1.82) is 0 Å². The summed E-state index contributed by atoms with van der Waals surface area (Å²) in [6.45, 7) is 3.54. The van der Waals surface area contributed by atoms with Gasteiger partial charge in [0, 0.05) is 18.0 Å². The minimum absolute atomic E-state index is 0.183. The van der Waals surface area contributed by atoms with E-state index in [4.69, 9.17) is 5.11 Å². The maximum absolute atomic E-state index is 11.1. The lowest BCUT2D eigenvalue weighted by Gasteiger charge is -2.19. The number of anilines is 1. The first kappa shape index (κ1) is 13.1. The molecule has 0 radical (unpaired) electrons. The Morgan fingerprint density at radius 1 is 1.35 bits per heavy atom. The molecule has 104 valence electrons.